The predicted octanol–water partition coefficient (Wildman–Crippen LogP) is 5.16. The van der Waals surface area contributed by atoms with Gasteiger partial charge in [-0.05, 0) is 59.3 Å². The van der Waals surface area contributed by atoms with Gasteiger partial charge in [0.15, 0.2) is 0 Å². The Bertz CT molecular complexity index is 1160. The van der Waals surface area contributed by atoms with Crippen LogP contribution in [0.15, 0.2) is 97.1 Å². The summed E-state index contributed by atoms with van der Waals surface area (Å²) in [6.45, 7) is 0. The maximum atomic E-state index is 12.2. The first kappa shape index (κ1) is 18.3. The summed E-state index contributed by atoms with van der Waals surface area (Å²) in [5.41, 5.74) is 2.97. The van der Waals surface area contributed by atoms with Crippen LogP contribution >= 0.6 is 0 Å². The Morgan fingerprint density at radius 2 is 1.00 bits per heavy atom. The number of carbonyl (C=O) groups excluding carboxylic acids is 2. The Hall–Kier alpha value is -4.12. The predicted molar refractivity (Wildman–Crippen MR) is 117 cm³/mol. The van der Waals surface area contributed by atoms with E-state index in [0.29, 0.717) is 11.4 Å². The van der Waals surface area contributed by atoms with Crippen LogP contribution in [0.3, 0.4) is 0 Å². The van der Waals surface area contributed by atoms with E-state index in [-0.39, 0.29) is 0 Å². The largest absolute Gasteiger partial charge is 0.356 e. The maximum Gasteiger partial charge on any atom is 0.314 e. The maximum absolute atomic E-state index is 12.2. The Labute approximate surface area is 168 Å². The van der Waals surface area contributed by atoms with Gasteiger partial charge in [-0.3, -0.25) is 9.59 Å². The number of para-hydroxylation sites is 1. The molecule has 0 aliphatic heterocycles. The van der Waals surface area contributed by atoms with E-state index in [1.54, 1.807) is 18.2 Å². The van der Waals surface area contributed by atoms with Crippen LogP contribution < -0.4 is 16.0 Å². The summed E-state index contributed by atoms with van der Waals surface area (Å²) < 4.78 is 0. The highest BCUT2D eigenvalue weighted by Crippen LogP contribution is 2.20. The molecule has 5 nitrogen and oxygen atoms in total. The SMILES string of the molecule is O=C(Nc1ccc(Nc2ccccc2)cc1)C(=O)Nc1ccc2ccccc2c1. The summed E-state index contributed by atoms with van der Waals surface area (Å²) in [5, 5.41) is 10.6. The fraction of sp³-hybridized carbons (Fsp3) is 0. The van der Waals surface area contributed by atoms with Crippen molar-refractivity contribution in [2.24, 2.45) is 0 Å². The third-order valence-electron chi connectivity index (χ3n) is 4.42. The van der Waals surface area contributed by atoms with Gasteiger partial charge in [0.2, 0.25) is 0 Å². The van der Waals surface area contributed by atoms with Gasteiger partial charge in [-0.1, -0.05) is 48.5 Å². The van der Waals surface area contributed by atoms with Crippen LogP contribution in [0.25, 0.3) is 10.8 Å². The molecule has 3 N–H and O–H groups in total. The molecule has 4 aromatic rings. The Balaban J connectivity index is 1.37. The summed E-state index contributed by atoms with van der Waals surface area (Å²) in [7, 11) is 0. The average Bonchev–Trinajstić information content (AvgIpc) is 2.76. The van der Waals surface area contributed by atoms with E-state index in [2.05, 4.69) is 16.0 Å². The second-order valence-corrected chi connectivity index (χ2v) is 6.54. The van der Waals surface area contributed by atoms with Gasteiger partial charge in [0.05, 0.1) is 0 Å². The fourth-order valence-corrected chi connectivity index (χ4v) is 2.97. The van der Waals surface area contributed by atoms with Crippen molar-refractivity contribution in [3.05, 3.63) is 97.1 Å². The second kappa shape index (κ2) is 8.27. The Kier molecular flexibility index (Phi) is 5.21. The van der Waals surface area contributed by atoms with Crippen molar-refractivity contribution in [2.45, 2.75) is 0 Å². The molecule has 4 aromatic carbocycles. The van der Waals surface area contributed by atoms with E-state index in [0.717, 1.165) is 22.1 Å². The van der Waals surface area contributed by atoms with E-state index in [1.165, 1.54) is 0 Å². The van der Waals surface area contributed by atoms with Crippen molar-refractivity contribution < 1.29 is 9.59 Å². The number of anilines is 4. The zero-order valence-corrected chi connectivity index (χ0v) is 15.6. The molecule has 5 heteroatoms. The molecule has 0 atom stereocenters. The Morgan fingerprint density at radius 3 is 1.72 bits per heavy atom. The van der Waals surface area contributed by atoms with Gasteiger partial charge in [0, 0.05) is 22.7 Å². The van der Waals surface area contributed by atoms with Crippen molar-refractivity contribution in [3.8, 4) is 0 Å². The highest BCUT2D eigenvalue weighted by Gasteiger charge is 2.14. The highest BCUT2D eigenvalue weighted by molar-refractivity contribution is 6.43. The van der Waals surface area contributed by atoms with E-state index in [9.17, 15) is 9.59 Å². The molecule has 0 heterocycles. The van der Waals surface area contributed by atoms with Crippen LogP contribution in [-0.2, 0) is 9.59 Å². The summed E-state index contributed by atoms with van der Waals surface area (Å²) >= 11 is 0. The van der Waals surface area contributed by atoms with Crippen molar-refractivity contribution >= 4 is 45.3 Å². The van der Waals surface area contributed by atoms with E-state index >= 15 is 0 Å². The molecule has 2 amide bonds. The second-order valence-electron chi connectivity index (χ2n) is 6.54. The summed E-state index contributed by atoms with van der Waals surface area (Å²) in [4.78, 5) is 24.4. The zero-order valence-electron chi connectivity index (χ0n) is 15.6. The lowest BCUT2D eigenvalue weighted by atomic mass is 10.1. The highest BCUT2D eigenvalue weighted by atomic mass is 16.2. The van der Waals surface area contributed by atoms with Gasteiger partial charge in [0.25, 0.3) is 0 Å². The summed E-state index contributed by atoms with van der Waals surface area (Å²) in [6.07, 6.45) is 0. The first-order chi connectivity index (χ1) is 14.2. The minimum absolute atomic E-state index is 0.544. The normalized spacial score (nSPS) is 10.3. The van der Waals surface area contributed by atoms with E-state index < -0.39 is 11.8 Å². The van der Waals surface area contributed by atoms with Crippen molar-refractivity contribution in [1.29, 1.82) is 0 Å². The van der Waals surface area contributed by atoms with Crippen molar-refractivity contribution in [3.63, 3.8) is 0 Å². The number of nitrogens with one attached hydrogen (secondary N) is 3. The first-order valence-electron chi connectivity index (χ1n) is 9.21. The molecule has 0 radical (unpaired) electrons. The third-order valence-corrected chi connectivity index (χ3v) is 4.42. The lowest BCUT2D eigenvalue weighted by Gasteiger charge is -2.09. The smallest absolute Gasteiger partial charge is 0.314 e. The molecular formula is C24H19N3O2. The van der Waals surface area contributed by atoms with Crippen LogP contribution in [0.1, 0.15) is 0 Å². The van der Waals surface area contributed by atoms with Gasteiger partial charge < -0.3 is 16.0 Å². The van der Waals surface area contributed by atoms with Crippen LogP contribution in [-0.4, -0.2) is 11.8 Å². The fourth-order valence-electron chi connectivity index (χ4n) is 2.97. The Morgan fingerprint density at radius 1 is 0.483 bits per heavy atom. The standard InChI is InChI=1S/C24H19N3O2/c28-23(24(29)27-22-11-10-17-6-4-5-7-18(17)16-22)26-21-14-12-20(13-15-21)25-19-8-2-1-3-9-19/h1-16,25H,(H,26,28)(H,27,29). The monoisotopic (exact) mass is 381 g/mol. The summed E-state index contributed by atoms with van der Waals surface area (Å²) in [5.74, 6) is -1.44. The minimum atomic E-state index is -0.720. The molecule has 0 aromatic heterocycles. The topological polar surface area (TPSA) is 70.2 Å². The van der Waals surface area contributed by atoms with Gasteiger partial charge >= 0.3 is 11.8 Å². The number of rotatable bonds is 4. The summed E-state index contributed by atoms with van der Waals surface area (Å²) in [6, 6.07) is 30.3. The number of hydrogen-bond acceptors (Lipinski definition) is 3. The molecule has 0 spiro atoms. The van der Waals surface area contributed by atoms with Gasteiger partial charge in [-0.2, -0.15) is 0 Å². The number of fused-ring (bicyclic) bond motifs is 1. The van der Waals surface area contributed by atoms with Crippen molar-refractivity contribution in [2.75, 3.05) is 16.0 Å². The van der Waals surface area contributed by atoms with Gasteiger partial charge in [-0.15, -0.1) is 0 Å². The average molecular weight is 381 g/mol. The van der Waals surface area contributed by atoms with E-state index in [4.69, 9.17) is 0 Å². The molecule has 0 saturated carbocycles. The minimum Gasteiger partial charge on any atom is -0.356 e. The molecule has 0 saturated heterocycles. The van der Waals surface area contributed by atoms with Gasteiger partial charge in [-0.25, -0.2) is 0 Å². The van der Waals surface area contributed by atoms with Gasteiger partial charge in [0.1, 0.15) is 0 Å². The van der Waals surface area contributed by atoms with E-state index in [1.807, 2.05) is 78.9 Å². The van der Waals surface area contributed by atoms with Crippen LogP contribution in [0.2, 0.25) is 0 Å². The molecule has 29 heavy (non-hydrogen) atoms. The van der Waals surface area contributed by atoms with Crippen molar-refractivity contribution in [1.82, 2.24) is 0 Å². The first-order valence-corrected chi connectivity index (χ1v) is 9.21. The number of hydrogen-bond donors (Lipinski definition) is 3. The number of carbonyl (C=O) groups is 2. The van der Waals surface area contributed by atoms with Crippen LogP contribution in [0.4, 0.5) is 22.7 Å². The molecule has 0 unspecified atom stereocenters. The molecule has 4 rings (SSSR count). The quantitative estimate of drug-likeness (QED) is 0.428. The lowest BCUT2D eigenvalue weighted by molar-refractivity contribution is -0.132. The number of benzene rings is 4. The third kappa shape index (κ3) is 4.59. The van der Waals surface area contributed by atoms with Crippen LogP contribution in [0.5, 0.6) is 0 Å². The molecule has 142 valence electrons. The zero-order chi connectivity index (χ0) is 20.1. The molecule has 0 aliphatic carbocycles. The molecule has 0 aliphatic rings. The lowest BCUT2D eigenvalue weighted by Crippen LogP contribution is -2.29. The molecular weight excluding hydrogens is 362 g/mol. The molecule has 0 fully saturated rings. The van der Waals surface area contributed by atoms with Crippen LogP contribution in [0, 0.1) is 0 Å². The molecule has 0 bridgehead atoms. The number of amides is 2.